The van der Waals surface area contributed by atoms with Crippen LogP contribution < -0.4 is 10.1 Å². The van der Waals surface area contributed by atoms with Gasteiger partial charge < -0.3 is 14.5 Å². The Morgan fingerprint density at radius 2 is 2.04 bits per heavy atom. The van der Waals surface area contributed by atoms with E-state index in [1.807, 2.05) is 36.4 Å². The van der Waals surface area contributed by atoms with E-state index in [4.69, 9.17) is 9.15 Å². The fourth-order valence-corrected chi connectivity index (χ4v) is 3.15. The smallest absolute Gasteiger partial charge is 0.259 e. The number of fused-ring (bicyclic) bond motifs is 3. The van der Waals surface area contributed by atoms with Gasteiger partial charge in [0.25, 0.3) is 5.91 Å². The minimum atomic E-state index is -0.800. The van der Waals surface area contributed by atoms with E-state index in [2.05, 4.69) is 11.4 Å². The van der Waals surface area contributed by atoms with Crippen LogP contribution in [0.15, 0.2) is 46.9 Å². The summed E-state index contributed by atoms with van der Waals surface area (Å²) >= 11 is 0. The quantitative estimate of drug-likeness (QED) is 0.770. The zero-order chi connectivity index (χ0) is 17.4. The maximum absolute atomic E-state index is 12.1. The summed E-state index contributed by atoms with van der Waals surface area (Å²) in [6, 6.07) is 15.5. The Kier molecular flexibility index (Phi) is 3.61. The summed E-state index contributed by atoms with van der Waals surface area (Å²) in [5.41, 5.74) is 0.802. The second kappa shape index (κ2) is 5.82. The lowest BCUT2D eigenvalue weighted by Crippen LogP contribution is -2.48. The summed E-state index contributed by atoms with van der Waals surface area (Å²) in [6.45, 7) is 1.65. The molecule has 0 radical (unpaired) electrons. The monoisotopic (exact) mass is 334 g/mol. The number of rotatable bonds is 5. The number of benzene rings is 2. The molecule has 5 heteroatoms. The number of carbonyl (C=O) groups excluding carboxylic acids is 1. The number of hydrogen-bond acceptors (Lipinski definition) is 4. The number of para-hydroxylation sites is 1. The Hall–Kier alpha value is -3.00. The Balaban J connectivity index is 1.48. The van der Waals surface area contributed by atoms with Gasteiger partial charge in [-0.25, -0.2) is 0 Å². The molecule has 1 amide bonds. The van der Waals surface area contributed by atoms with Crippen LogP contribution in [0.25, 0.3) is 21.9 Å². The molecule has 1 fully saturated rings. The fraction of sp³-hybridized carbons (Fsp3) is 0.300. The molecule has 126 valence electrons. The largest absolute Gasteiger partial charge is 0.484 e. The molecule has 5 nitrogen and oxygen atoms in total. The third kappa shape index (κ3) is 2.91. The first-order valence-electron chi connectivity index (χ1n) is 8.35. The van der Waals surface area contributed by atoms with Crippen LogP contribution in [0.5, 0.6) is 5.75 Å². The molecular weight excluding hydrogens is 316 g/mol. The third-order valence-corrected chi connectivity index (χ3v) is 4.74. The van der Waals surface area contributed by atoms with E-state index in [1.54, 1.807) is 13.0 Å². The van der Waals surface area contributed by atoms with Crippen LogP contribution >= 0.6 is 0 Å². The van der Waals surface area contributed by atoms with Gasteiger partial charge in [-0.3, -0.25) is 4.79 Å². The van der Waals surface area contributed by atoms with Gasteiger partial charge in [0, 0.05) is 10.8 Å². The Morgan fingerprint density at radius 3 is 2.80 bits per heavy atom. The maximum Gasteiger partial charge on any atom is 0.259 e. The first-order valence-corrected chi connectivity index (χ1v) is 8.35. The summed E-state index contributed by atoms with van der Waals surface area (Å²) in [4.78, 5) is 12.1. The molecule has 1 atom stereocenters. The SMILES string of the molecule is C[C@](C#N)(NC(=O)COc1ccc2oc3ccccc3c2c1)C1CC1. The number of nitrogens with zero attached hydrogens (tertiary/aromatic N) is 1. The molecule has 0 unspecified atom stereocenters. The van der Waals surface area contributed by atoms with Gasteiger partial charge in [-0.05, 0) is 49.9 Å². The topological polar surface area (TPSA) is 75.3 Å². The van der Waals surface area contributed by atoms with Crippen molar-refractivity contribution in [2.24, 2.45) is 5.92 Å². The minimum absolute atomic E-state index is 0.120. The predicted octanol–water partition coefficient (Wildman–Crippen LogP) is 3.77. The number of furan rings is 1. The van der Waals surface area contributed by atoms with E-state index >= 15 is 0 Å². The van der Waals surface area contributed by atoms with Gasteiger partial charge in [-0.2, -0.15) is 5.26 Å². The molecule has 4 rings (SSSR count). The Morgan fingerprint density at radius 1 is 1.28 bits per heavy atom. The number of carbonyl (C=O) groups is 1. The molecule has 1 N–H and O–H groups in total. The summed E-state index contributed by atoms with van der Waals surface area (Å²) < 4.78 is 11.4. The molecule has 0 saturated heterocycles. The number of amides is 1. The molecule has 1 aromatic heterocycles. The van der Waals surface area contributed by atoms with Gasteiger partial charge in [0.1, 0.15) is 22.5 Å². The number of nitriles is 1. The molecular formula is C20H18N2O3. The van der Waals surface area contributed by atoms with E-state index in [9.17, 15) is 10.1 Å². The van der Waals surface area contributed by atoms with E-state index in [-0.39, 0.29) is 18.4 Å². The lowest BCUT2D eigenvalue weighted by molar-refractivity contribution is -0.124. The summed E-state index contributed by atoms with van der Waals surface area (Å²) in [7, 11) is 0. The molecule has 1 aliphatic rings. The molecule has 0 bridgehead atoms. The van der Waals surface area contributed by atoms with Crippen LogP contribution in [0.3, 0.4) is 0 Å². The predicted molar refractivity (Wildman–Crippen MR) is 94.1 cm³/mol. The Bertz CT molecular complexity index is 997. The van der Waals surface area contributed by atoms with Crippen LogP contribution in [0.1, 0.15) is 19.8 Å². The van der Waals surface area contributed by atoms with Gasteiger partial charge in [0.05, 0.1) is 6.07 Å². The summed E-state index contributed by atoms with van der Waals surface area (Å²) in [5, 5.41) is 14.1. The molecule has 1 heterocycles. The molecule has 1 aliphatic carbocycles. The standard InChI is InChI=1S/C20H18N2O3/c1-20(12-21,13-6-7-13)22-19(23)11-24-14-8-9-18-16(10-14)15-4-2-3-5-17(15)25-18/h2-5,8-10,13H,6-7,11H2,1H3,(H,22,23)/t20-/m1/s1. The van der Waals surface area contributed by atoms with Crippen molar-refractivity contribution in [3.05, 3.63) is 42.5 Å². The van der Waals surface area contributed by atoms with Gasteiger partial charge >= 0.3 is 0 Å². The van der Waals surface area contributed by atoms with Gasteiger partial charge in [0.2, 0.25) is 0 Å². The third-order valence-electron chi connectivity index (χ3n) is 4.74. The highest BCUT2D eigenvalue weighted by atomic mass is 16.5. The fourth-order valence-electron chi connectivity index (χ4n) is 3.15. The second-order valence-electron chi connectivity index (χ2n) is 6.68. The van der Waals surface area contributed by atoms with Crippen molar-refractivity contribution in [1.82, 2.24) is 5.32 Å². The average molecular weight is 334 g/mol. The van der Waals surface area contributed by atoms with Crippen molar-refractivity contribution in [2.45, 2.75) is 25.3 Å². The highest BCUT2D eigenvalue weighted by Gasteiger charge is 2.43. The maximum atomic E-state index is 12.1. The highest BCUT2D eigenvalue weighted by Crippen LogP contribution is 2.39. The van der Waals surface area contributed by atoms with Gasteiger partial charge in [0.15, 0.2) is 6.61 Å². The van der Waals surface area contributed by atoms with Gasteiger partial charge in [-0.15, -0.1) is 0 Å². The van der Waals surface area contributed by atoms with E-state index in [0.717, 1.165) is 34.8 Å². The van der Waals surface area contributed by atoms with Crippen LogP contribution in [-0.2, 0) is 4.79 Å². The lowest BCUT2D eigenvalue weighted by Gasteiger charge is -2.22. The van der Waals surface area contributed by atoms with Crippen LogP contribution in [0.2, 0.25) is 0 Å². The summed E-state index contributed by atoms with van der Waals surface area (Å²) in [5.74, 6) is 0.558. The molecule has 1 saturated carbocycles. The first-order chi connectivity index (χ1) is 12.1. The van der Waals surface area contributed by atoms with E-state index < -0.39 is 5.54 Å². The zero-order valence-electron chi connectivity index (χ0n) is 13.9. The average Bonchev–Trinajstić information content (AvgIpc) is 3.42. The molecule has 3 aromatic rings. The Labute approximate surface area is 145 Å². The van der Waals surface area contributed by atoms with E-state index in [0.29, 0.717) is 5.75 Å². The normalized spacial score (nSPS) is 16.3. The van der Waals surface area contributed by atoms with Crippen molar-refractivity contribution in [3.8, 4) is 11.8 Å². The van der Waals surface area contributed by atoms with Crippen molar-refractivity contribution in [2.75, 3.05) is 6.61 Å². The molecule has 2 aromatic carbocycles. The van der Waals surface area contributed by atoms with E-state index in [1.165, 1.54) is 0 Å². The van der Waals surface area contributed by atoms with Crippen molar-refractivity contribution in [1.29, 1.82) is 5.26 Å². The molecule has 0 aliphatic heterocycles. The van der Waals surface area contributed by atoms with Crippen LogP contribution in [0, 0.1) is 17.2 Å². The first kappa shape index (κ1) is 15.5. The highest BCUT2D eigenvalue weighted by molar-refractivity contribution is 6.05. The number of hydrogen-bond donors (Lipinski definition) is 1. The second-order valence-corrected chi connectivity index (χ2v) is 6.68. The number of ether oxygens (including phenoxy) is 1. The molecule has 25 heavy (non-hydrogen) atoms. The lowest BCUT2D eigenvalue weighted by atomic mass is 9.98. The van der Waals surface area contributed by atoms with Crippen LogP contribution in [0.4, 0.5) is 0 Å². The number of nitrogens with one attached hydrogen (secondary N) is 1. The minimum Gasteiger partial charge on any atom is -0.484 e. The van der Waals surface area contributed by atoms with Crippen LogP contribution in [-0.4, -0.2) is 18.1 Å². The van der Waals surface area contributed by atoms with Crippen molar-refractivity contribution < 1.29 is 13.9 Å². The van der Waals surface area contributed by atoms with Crippen molar-refractivity contribution in [3.63, 3.8) is 0 Å². The summed E-state index contributed by atoms with van der Waals surface area (Å²) in [6.07, 6.45) is 1.96. The molecule has 0 spiro atoms. The van der Waals surface area contributed by atoms with Gasteiger partial charge in [-0.1, -0.05) is 18.2 Å². The zero-order valence-corrected chi connectivity index (χ0v) is 13.9. The van der Waals surface area contributed by atoms with Crippen molar-refractivity contribution >= 4 is 27.8 Å².